The van der Waals surface area contributed by atoms with E-state index in [-0.39, 0.29) is 22.6 Å². The van der Waals surface area contributed by atoms with E-state index in [1.807, 2.05) is 0 Å². The molecule has 7 nitrogen and oxygen atoms in total. The van der Waals surface area contributed by atoms with Crippen LogP contribution in [0.15, 0.2) is 6.07 Å². The molecule has 0 aliphatic carbocycles. The van der Waals surface area contributed by atoms with E-state index in [9.17, 15) is 20.2 Å². The number of anilines is 1. The molecule has 0 heterocycles. The van der Waals surface area contributed by atoms with Gasteiger partial charge in [0.2, 0.25) is 0 Å². The Bertz CT molecular complexity index is 470. The summed E-state index contributed by atoms with van der Waals surface area (Å²) in [5.41, 5.74) is 5.39. The van der Waals surface area contributed by atoms with E-state index in [1.165, 1.54) is 13.0 Å². The van der Waals surface area contributed by atoms with Gasteiger partial charge < -0.3 is 5.73 Å². The normalized spacial score (nSPS) is 10.1. The first-order chi connectivity index (χ1) is 7.40. The van der Waals surface area contributed by atoms with Gasteiger partial charge in [-0.25, -0.2) is 0 Å². The predicted molar refractivity (Wildman–Crippen MR) is 58.3 cm³/mol. The Hall–Kier alpha value is -2.18. The number of nitrogens with two attached hydrogens (primary N) is 1. The van der Waals surface area contributed by atoms with Crippen LogP contribution < -0.4 is 5.73 Å². The number of rotatable bonds is 3. The van der Waals surface area contributed by atoms with Crippen molar-refractivity contribution in [1.82, 2.24) is 0 Å². The summed E-state index contributed by atoms with van der Waals surface area (Å²) in [6, 6.07) is 1.29. The Kier molecular flexibility index (Phi) is 3.07. The molecule has 0 saturated heterocycles. The zero-order valence-electron chi connectivity index (χ0n) is 8.89. The van der Waals surface area contributed by atoms with Crippen LogP contribution in [0.2, 0.25) is 0 Å². The van der Waals surface area contributed by atoms with Gasteiger partial charge in [-0.1, -0.05) is 6.92 Å². The summed E-state index contributed by atoms with van der Waals surface area (Å²) < 4.78 is 0. The van der Waals surface area contributed by atoms with Crippen molar-refractivity contribution in [2.45, 2.75) is 20.3 Å². The van der Waals surface area contributed by atoms with E-state index in [0.29, 0.717) is 12.0 Å². The van der Waals surface area contributed by atoms with Crippen molar-refractivity contribution in [2.75, 3.05) is 5.73 Å². The van der Waals surface area contributed by atoms with Gasteiger partial charge in [0.05, 0.1) is 9.85 Å². The van der Waals surface area contributed by atoms with E-state index in [0.717, 1.165) is 0 Å². The monoisotopic (exact) mass is 225 g/mol. The second-order valence-corrected chi connectivity index (χ2v) is 3.31. The average molecular weight is 225 g/mol. The average Bonchev–Trinajstić information content (AvgIpc) is 2.16. The molecule has 1 aromatic carbocycles. The molecule has 0 fully saturated rings. The van der Waals surface area contributed by atoms with E-state index < -0.39 is 9.85 Å². The lowest BCUT2D eigenvalue weighted by atomic mass is 10.0. The molecule has 0 amide bonds. The molecule has 0 spiro atoms. The number of nitrogens with zero attached hydrogens (tertiary/aromatic N) is 2. The molecule has 0 bridgehead atoms. The molecule has 16 heavy (non-hydrogen) atoms. The van der Waals surface area contributed by atoms with Crippen molar-refractivity contribution >= 4 is 17.1 Å². The van der Waals surface area contributed by atoms with Crippen molar-refractivity contribution in [3.8, 4) is 0 Å². The first-order valence-electron chi connectivity index (χ1n) is 4.60. The minimum atomic E-state index is -0.684. The third-order valence-electron chi connectivity index (χ3n) is 2.41. The molecule has 1 rings (SSSR count). The van der Waals surface area contributed by atoms with Crippen LogP contribution in [-0.2, 0) is 6.42 Å². The number of aryl methyl sites for hydroxylation is 1. The fraction of sp³-hybridized carbons (Fsp3) is 0.333. The van der Waals surface area contributed by atoms with Crippen LogP contribution in [0, 0.1) is 27.2 Å². The molecule has 0 aliphatic heterocycles. The second-order valence-electron chi connectivity index (χ2n) is 3.31. The molecule has 0 unspecified atom stereocenters. The lowest BCUT2D eigenvalue weighted by Gasteiger charge is -2.06. The Labute approximate surface area is 91.2 Å². The smallest absolute Gasteiger partial charge is 0.302 e. The molecule has 2 N–H and O–H groups in total. The van der Waals surface area contributed by atoms with Gasteiger partial charge in [0.15, 0.2) is 0 Å². The van der Waals surface area contributed by atoms with Gasteiger partial charge in [-0.2, -0.15) is 0 Å². The summed E-state index contributed by atoms with van der Waals surface area (Å²) in [6.45, 7) is 3.06. The SMILES string of the molecule is CCc1cc([N+](=O)[O-])c(C)c([N+](=O)[O-])c1N. The third kappa shape index (κ3) is 1.79. The molecule has 0 atom stereocenters. The molecule has 1 aromatic rings. The summed E-state index contributed by atoms with van der Waals surface area (Å²) in [7, 11) is 0. The zero-order chi connectivity index (χ0) is 12.5. The van der Waals surface area contributed by atoms with Gasteiger partial charge in [-0.3, -0.25) is 20.2 Å². The lowest BCUT2D eigenvalue weighted by Crippen LogP contribution is -2.05. The molecule has 0 aliphatic rings. The highest BCUT2D eigenvalue weighted by atomic mass is 16.6. The predicted octanol–water partition coefficient (Wildman–Crippen LogP) is 1.96. The highest BCUT2D eigenvalue weighted by Crippen LogP contribution is 2.36. The lowest BCUT2D eigenvalue weighted by molar-refractivity contribution is -0.394. The maximum atomic E-state index is 10.8. The van der Waals surface area contributed by atoms with Crippen LogP contribution in [0.1, 0.15) is 18.1 Å². The number of nitrogen functional groups attached to an aromatic ring is 1. The van der Waals surface area contributed by atoms with Crippen LogP contribution in [-0.4, -0.2) is 9.85 Å². The summed E-state index contributed by atoms with van der Waals surface area (Å²) >= 11 is 0. The summed E-state index contributed by atoms with van der Waals surface area (Å²) in [5, 5.41) is 21.5. The summed E-state index contributed by atoms with van der Waals surface area (Å²) in [4.78, 5) is 20.2. The number of benzene rings is 1. The minimum Gasteiger partial charge on any atom is -0.393 e. The molecule has 0 aromatic heterocycles. The Morgan fingerprint density at radius 3 is 2.25 bits per heavy atom. The Morgan fingerprint density at radius 1 is 1.31 bits per heavy atom. The zero-order valence-corrected chi connectivity index (χ0v) is 8.89. The van der Waals surface area contributed by atoms with Crippen molar-refractivity contribution < 1.29 is 9.85 Å². The highest BCUT2D eigenvalue weighted by Gasteiger charge is 2.27. The van der Waals surface area contributed by atoms with Crippen molar-refractivity contribution in [3.63, 3.8) is 0 Å². The Balaban J connectivity index is 3.64. The van der Waals surface area contributed by atoms with Crippen LogP contribution >= 0.6 is 0 Å². The number of hydrogen-bond acceptors (Lipinski definition) is 5. The molecule has 86 valence electrons. The summed E-state index contributed by atoms with van der Waals surface area (Å²) in [6.07, 6.45) is 0.411. The van der Waals surface area contributed by atoms with E-state index in [2.05, 4.69) is 0 Å². The van der Waals surface area contributed by atoms with Crippen LogP contribution in [0.4, 0.5) is 17.1 Å². The number of nitro benzene ring substituents is 2. The molecular weight excluding hydrogens is 214 g/mol. The van der Waals surface area contributed by atoms with Gasteiger partial charge in [-0.15, -0.1) is 0 Å². The maximum Gasteiger partial charge on any atom is 0.302 e. The van der Waals surface area contributed by atoms with Gasteiger partial charge in [0.25, 0.3) is 5.69 Å². The van der Waals surface area contributed by atoms with E-state index >= 15 is 0 Å². The third-order valence-corrected chi connectivity index (χ3v) is 2.41. The quantitative estimate of drug-likeness (QED) is 0.480. The largest absolute Gasteiger partial charge is 0.393 e. The molecule has 0 radical (unpaired) electrons. The summed E-state index contributed by atoms with van der Waals surface area (Å²) in [5.74, 6) is 0. The van der Waals surface area contributed by atoms with Gasteiger partial charge in [0, 0.05) is 6.07 Å². The van der Waals surface area contributed by atoms with Gasteiger partial charge >= 0.3 is 5.69 Å². The van der Waals surface area contributed by atoms with Crippen LogP contribution in [0.3, 0.4) is 0 Å². The van der Waals surface area contributed by atoms with Gasteiger partial charge in [0.1, 0.15) is 11.3 Å². The van der Waals surface area contributed by atoms with Crippen molar-refractivity contribution in [2.24, 2.45) is 0 Å². The fourth-order valence-corrected chi connectivity index (χ4v) is 1.54. The molecular formula is C9H11N3O4. The topological polar surface area (TPSA) is 112 Å². The first kappa shape index (κ1) is 11.9. The molecule has 0 saturated carbocycles. The maximum absolute atomic E-state index is 10.8. The standard InChI is InChI=1S/C9H11N3O4/c1-3-6-4-7(11(13)14)5(2)9(8(6)10)12(15)16/h4H,3,10H2,1-2H3. The number of nitro groups is 2. The number of hydrogen-bond donors (Lipinski definition) is 1. The van der Waals surface area contributed by atoms with Gasteiger partial charge in [-0.05, 0) is 18.9 Å². The highest BCUT2D eigenvalue weighted by molar-refractivity contribution is 5.72. The van der Waals surface area contributed by atoms with Crippen LogP contribution in [0.25, 0.3) is 0 Å². The Morgan fingerprint density at radius 2 is 1.88 bits per heavy atom. The molecule has 7 heteroatoms. The van der Waals surface area contributed by atoms with E-state index in [1.54, 1.807) is 6.92 Å². The van der Waals surface area contributed by atoms with Crippen LogP contribution in [0.5, 0.6) is 0 Å². The first-order valence-corrected chi connectivity index (χ1v) is 4.60. The van der Waals surface area contributed by atoms with E-state index in [4.69, 9.17) is 5.73 Å². The fourth-order valence-electron chi connectivity index (χ4n) is 1.54. The van der Waals surface area contributed by atoms with Crippen molar-refractivity contribution in [1.29, 1.82) is 0 Å². The van der Waals surface area contributed by atoms with Crippen molar-refractivity contribution in [3.05, 3.63) is 37.4 Å². The second kappa shape index (κ2) is 4.13. The minimum absolute atomic E-state index is 0.00954.